The lowest BCUT2D eigenvalue weighted by molar-refractivity contribution is 0.0942. The number of benzene rings is 2. The van der Waals surface area contributed by atoms with Gasteiger partial charge in [-0.25, -0.2) is 0 Å². The summed E-state index contributed by atoms with van der Waals surface area (Å²) >= 11 is 0. The Morgan fingerprint density at radius 3 is 1.34 bits per heavy atom. The topological polar surface area (TPSA) is 99.0 Å². The van der Waals surface area contributed by atoms with Crippen LogP contribution in [0.5, 0.6) is 0 Å². The lowest BCUT2D eigenvalue weighted by atomic mass is 10.1. The van der Waals surface area contributed by atoms with Gasteiger partial charge in [0.1, 0.15) is 0 Å². The van der Waals surface area contributed by atoms with E-state index in [1.807, 2.05) is 12.1 Å². The number of nitrogens with two attached hydrogens (primary N) is 2. The number of hydrogen-bond donors (Lipinski definition) is 4. The van der Waals surface area contributed by atoms with E-state index in [4.69, 9.17) is 11.5 Å². The third kappa shape index (κ3) is 11.2. The van der Waals surface area contributed by atoms with Gasteiger partial charge in [-0.15, -0.1) is 0 Å². The molecule has 0 radical (unpaired) electrons. The van der Waals surface area contributed by atoms with Gasteiger partial charge < -0.3 is 21.7 Å². The number of aliphatic hydroxyl groups is 2. The zero-order valence-corrected chi connectivity index (χ0v) is 19.4. The van der Waals surface area contributed by atoms with Crippen LogP contribution in [0, 0.1) is 0 Å². The Morgan fingerprint density at radius 1 is 0.625 bits per heavy atom. The maximum Gasteiger partial charge on any atom is 0.0679 e. The molecule has 6 nitrogen and oxygen atoms in total. The molecule has 0 unspecified atom stereocenters. The summed E-state index contributed by atoms with van der Waals surface area (Å²) in [5, 5.41) is 20.6. The predicted octanol–water partition coefficient (Wildman–Crippen LogP) is 2.19. The van der Waals surface area contributed by atoms with Crippen LogP contribution in [0.15, 0.2) is 60.7 Å². The van der Waals surface area contributed by atoms with Gasteiger partial charge in [0.15, 0.2) is 0 Å². The molecule has 0 amide bonds. The molecule has 2 atom stereocenters. The van der Waals surface area contributed by atoms with E-state index in [9.17, 15) is 10.2 Å². The molecule has 0 spiro atoms. The first-order chi connectivity index (χ1) is 15.6. The highest BCUT2D eigenvalue weighted by Crippen LogP contribution is 2.11. The Balaban J connectivity index is 1.87. The Kier molecular flexibility index (Phi) is 13.2. The standard InChI is InChI=1S/C26H42N4O2/c27-15-13-25(31)21-29(19-23-9-3-1-4-10-23)17-7-8-18-30(22-26(32)14-16-28)20-24-11-5-2-6-12-24/h1-6,9-12,25-26,31-32H,7-8,13-22,27-28H2/t25-,26-/m1/s1. The van der Waals surface area contributed by atoms with Crippen LogP contribution in [0.25, 0.3) is 0 Å². The molecule has 0 aliphatic rings. The van der Waals surface area contributed by atoms with Gasteiger partial charge in [-0.2, -0.15) is 0 Å². The highest BCUT2D eigenvalue weighted by molar-refractivity contribution is 5.15. The highest BCUT2D eigenvalue weighted by atomic mass is 16.3. The van der Waals surface area contributed by atoms with Crippen molar-refractivity contribution in [2.45, 2.75) is 51.0 Å². The number of aliphatic hydroxyl groups excluding tert-OH is 2. The Hall–Kier alpha value is -1.80. The molecule has 2 aromatic carbocycles. The van der Waals surface area contributed by atoms with Gasteiger partial charge in [-0.3, -0.25) is 9.80 Å². The fraction of sp³-hybridized carbons (Fsp3) is 0.538. The van der Waals surface area contributed by atoms with Crippen LogP contribution in [-0.4, -0.2) is 71.5 Å². The van der Waals surface area contributed by atoms with Crippen LogP contribution in [0.4, 0.5) is 0 Å². The summed E-state index contributed by atoms with van der Waals surface area (Å²) in [5.41, 5.74) is 13.8. The summed E-state index contributed by atoms with van der Waals surface area (Å²) in [6.07, 6.45) is 2.50. The number of nitrogens with zero attached hydrogens (tertiary/aromatic N) is 2. The molecule has 0 fully saturated rings. The normalized spacial score (nSPS) is 13.6. The van der Waals surface area contributed by atoms with Gasteiger partial charge in [0.05, 0.1) is 12.2 Å². The summed E-state index contributed by atoms with van der Waals surface area (Å²) in [5.74, 6) is 0. The van der Waals surface area contributed by atoms with Gasteiger partial charge in [0.2, 0.25) is 0 Å². The minimum Gasteiger partial charge on any atom is -0.392 e. The maximum absolute atomic E-state index is 10.3. The summed E-state index contributed by atoms with van der Waals surface area (Å²) in [6.45, 7) is 5.75. The van der Waals surface area contributed by atoms with E-state index in [1.54, 1.807) is 0 Å². The highest BCUT2D eigenvalue weighted by Gasteiger charge is 2.14. The smallest absolute Gasteiger partial charge is 0.0679 e. The van der Waals surface area contributed by atoms with Gasteiger partial charge >= 0.3 is 0 Å². The molecule has 0 heterocycles. The van der Waals surface area contributed by atoms with Gasteiger partial charge in [0.25, 0.3) is 0 Å². The molecule has 6 heteroatoms. The first-order valence-electron chi connectivity index (χ1n) is 11.9. The molecule has 0 saturated carbocycles. The number of unbranched alkanes of at least 4 members (excludes halogenated alkanes) is 1. The first-order valence-corrected chi connectivity index (χ1v) is 11.9. The molecule has 2 aromatic rings. The van der Waals surface area contributed by atoms with Crippen molar-refractivity contribution in [2.24, 2.45) is 11.5 Å². The van der Waals surface area contributed by atoms with Crippen molar-refractivity contribution < 1.29 is 10.2 Å². The fourth-order valence-corrected chi connectivity index (χ4v) is 3.99. The molecule has 178 valence electrons. The third-order valence-electron chi connectivity index (χ3n) is 5.63. The van der Waals surface area contributed by atoms with Gasteiger partial charge in [-0.1, -0.05) is 60.7 Å². The van der Waals surface area contributed by atoms with Crippen LogP contribution in [0.3, 0.4) is 0 Å². The lowest BCUT2D eigenvalue weighted by Crippen LogP contribution is -2.35. The first kappa shape index (κ1) is 26.5. The minimum atomic E-state index is -0.398. The van der Waals surface area contributed by atoms with E-state index < -0.39 is 12.2 Å². The zero-order chi connectivity index (χ0) is 23.0. The Morgan fingerprint density at radius 2 is 1.00 bits per heavy atom. The molecule has 0 aliphatic heterocycles. The van der Waals surface area contributed by atoms with E-state index in [2.05, 4.69) is 58.3 Å². The quantitative estimate of drug-likeness (QED) is 0.280. The van der Waals surface area contributed by atoms with Crippen molar-refractivity contribution in [1.82, 2.24) is 9.80 Å². The summed E-state index contributed by atoms with van der Waals surface area (Å²) in [6, 6.07) is 20.8. The average molecular weight is 443 g/mol. The lowest BCUT2D eigenvalue weighted by Gasteiger charge is -2.27. The van der Waals surface area contributed by atoms with E-state index in [0.29, 0.717) is 39.0 Å². The fourth-order valence-electron chi connectivity index (χ4n) is 3.99. The molecule has 0 saturated heterocycles. The molecule has 0 bridgehead atoms. The van der Waals surface area contributed by atoms with Crippen LogP contribution in [-0.2, 0) is 13.1 Å². The van der Waals surface area contributed by atoms with Crippen molar-refractivity contribution in [1.29, 1.82) is 0 Å². The third-order valence-corrected chi connectivity index (χ3v) is 5.63. The molecule has 0 aliphatic carbocycles. The van der Waals surface area contributed by atoms with Crippen molar-refractivity contribution in [3.8, 4) is 0 Å². The average Bonchev–Trinajstić information content (AvgIpc) is 2.78. The minimum absolute atomic E-state index is 0.398. The number of hydrogen-bond acceptors (Lipinski definition) is 6. The molecule has 32 heavy (non-hydrogen) atoms. The van der Waals surface area contributed by atoms with E-state index in [1.165, 1.54) is 11.1 Å². The zero-order valence-electron chi connectivity index (χ0n) is 19.4. The monoisotopic (exact) mass is 442 g/mol. The number of rotatable bonds is 17. The SMILES string of the molecule is NCC[C@@H](O)CN(CCCCN(Cc1ccccc1)C[C@H](O)CCN)Cc1ccccc1. The molecule has 2 rings (SSSR count). The van der Waals surface area contributed by atoms with Crippen molar-refractivity contribution in [3.05, 3.63) is 71.8 Å². The molecule has 0 aromatic heterocycles. The second kappa shape index (κ2) is 15.9. The van der Waals surface area contributed by atoms with Crippen LogP contribution >= 0.6 is 0 Å². The molecular formula is C26H42N4O2. The van der Waals surface area contributed by atoms with E-state index >= 15 is 0 Å². The van der Waals surface area contributed by atoms with E-state index in [0.717, 1.165) is 39.0 Å². The van der Waals surface area contributed by atoms with Crippen LogP contribution < -0.4 is 11.5 Å². The van der Waals surface area contributed by atoms with Crippen molar-refractivity contribution in [3.63, 3.8) is 0 Å². The summed E-state index contributed by atoms with van der Waals surface area (Å²) in [7, 11) is 0. The summed E-state index contributed by atoms with van der Waals surface area (Å²) < 4.78 is 0. The van der Waals surface area contributed by atoms with Gasteiger partial charge in [-0.05, 0) is 63.0 Å². The molecule has 6 N–H and O–H groups in total. The van der Waals surface area contributed by atoms with Crippen LogP contribution in [0.2, 0.25) is 0 Å². The molecular weight excluding hydrogens is 400 g/mol. The van der Waals surface area contributed by atoms with Crippen LogP contribution in [0.1, 0.15) is 36.8 Å². The van der Waals surface area contributed by atoms with E-state index in [-0.39, 0.29) is 0 Å². The van der Waals surface area contributed by atoms with Crippen molar-refractivity contribution >= 4 is 0 Å². The largest absolute Gasteiger partial charge is 0.392 e. The van der Waals surface area contributed by atoms with Gasteiger partial charge in [0, 0.05) is 26.2 Å². The second-order valence-electron chi connectivity index (χ2n) is 8.61. The predicted molar refractivity (Wildman–Crippen MR) is 132 cm³/mol. The van der Waals surface area contributed by atoms with Crippen molar-refractivity contribution in [2.75, 3.05) is 39.3 Å². The summed E-state index contributed by atoms with van der Waals surface area (Å²) in [4.78, 5) is 4.64. The maximum atomic E-state index is 10.3. The second-order valence-corrected chi connectivity index (χ2v) is 8.61. The Labute approximate surface area is 193 Å². The Bertz CT molecular complexity index is 640.